The Morgan fingerprint density at radius 1 is 1.57 bits per heavy atom. The lowest BCUT2D eigenvalue weighted by Crippen LogP contribution is -2.36. The molecule has 0 aliphatic carbocycles. The molecule has 1 saturated heterocycles. The number of hydrogen-bond acceptors (Lipinski definition) is 5. The van der Waals surface area contributed by atoms with Crippen LogP contribution in [0.1, 0.15) is 39.5 Å². The highest BCUT2D eigenvalue weighted by molar-refractivity contribution is 5.66. The van der Waals surface area contributed by atoms with Crippen LogP contribution < -0.4 is 9.64 Å². The fraction of sp³-hybridized carbons (Fsp3) is 0.667. The summed E-state index contributed by atoms with van der Waals surface area (Å²) in [7, 11) is 0. The molecule has 0 saturated carbocycles. The van der Waals surface area contributed by atoms with Crippen molar-refractivity contribution < 1.29 is 14.6 Å². The molecular formula is C15H23N3O3. The molecule has 0 radical (unpaired) electrons. The van der Waals surface area contributed by atoms with E-state index in [1.54, 1.807) is 12.3 Å². The maximum atomic E-state index is 10.7. The summed E-state index contributed by atoms with van der Waals surface area (Å²) in [6, 6.07) is 1.76. The van der Waals surface area contributed by atoms with Gasteiger partial charge in [-0.2, -0.15) is 4.98 Å². The number of aliphatic carboxylic acids is 1. The molecule has 1 aromatic rings. The fourth-order valence-electron chi connectivity index (χ4n) is 2.60. The van der Waals surface area contributed by atoms with Crippen LogP contribution in [0, 0.1) is 5.92 Å². The number of nitrogens with zero attached hydrogens (tertiary/aromatic N) is 3. The van der Waals surface area contributed by atoms with E-state index in [1.165, 1.54) is 0 Å². The summed E-state index contributed by atoms with van der Waals surface area (Å²) < 4.78 is 5.60. The van der Waals surface area contributed by atoms with E-state index < -0.39 is 5.97 Å². The van der Waals surface area contributed by atoms with Gasteiger partial charge in [0.05, 0.1) is 6.10 Å². The van der Waals surface area contributed by atoms with Crippen molar-refractivity contribution >= 4 is 11.9 Å². The smallest absolute Gasteiger partial charge is 0.303 e. The lowest BCUT2D eigenvalue weighted by atomic mass is 9.93. The van der Waals surface area contributed by atoms with Crippen molar-refractivity contribution in [1.82, 2.24) is 9.97 Å². The first-order chi connectivity index (χ1) is 10.0. The molecule has 6 nitrogen and oxygen atoms in total. The zero-order valence-electron chi connectivity index (χ0n) is 12.7. The van der Waals surface area contributed by atoms with Crippen LogP contribution in [-0.4, -0.2) is 40.2 Å². The summed E-state index contributed by atoms with van der Waals surface area (Å²) in [4.78, 5) is 21.6. The highest BCUT2D eigenvalue weighted by atomic mass is 16.5. The Labute approximate surface area is 125 Å². The Morgan fingerprint density at radius 2 is 2.38 bits per heavy atom. The lowest BCUT2D eigenvalue weighted by Gasteiger charge is -2.32. The Hall–Kier alpha value is -1.85. The van der Waals surface area contributed by atoms with E-state index in [0.717, 1.165) is 25.9 Å². The first-order valence-corrected chi connectivity index (χ1v) is 7.51. The van der Waals surface area contributed by atoms with Gasteiger partial charge >= 0.3 is 5.97 Å². The molecular weight excluding hydrogens is 270 g/mol. The fourth-order valence-corrected chi connectivity index (χ4v) is 2.60. The van der Waals surface area contributed by atoms with Crippen LogP contribution in [0.2, 0.25) is 0 Å². The Morgan fingerprint density at radius 3 is 3.10 bits per heavy atom. The molecule has 1 atom stereocenters. The molecule has 1 aliphatic rings. The van der Waals surface area contributed by atoms with Crippen molar-refractivity contribution in [3.05, 3.63) is 12.3 Å². The second kappa shape index (κ2) is 7.24. The third-order valence-corrected chi connectivity index (χ3v) is 3.54. The zero-order chi connectivity index (χ0) is 15.2. The number of carbonyl (C=O) groups is 1. The van der Waals surface area contributed by atoms with Gasteiger partial charge in [-0.1, -0.05) is 0 Å². The van der Waals surface area contributed by atoms with E-state index in [2.05, 4.69) is 14.9 Å². The topological polar surface area (TPSA) is 75.5 Å². The van der Waals surface area contributed by atoms with E-state index in [1.807, 2.05) is 13.8 Å². The lowest BCUT2D eigenvalue weighted by molar-refractivity contribution is -0.137. The number of carboxylic acids is 1. The number of hydrogen-bond donors (Lipinski definition) is 1. The summed E-state index contributed by atoms with van der Waals surface area (Å²) in [6.07, 6.45) is 4.86. The van der Waals surface area contributed by atoms with Crippen LogP contribution in [0.3, 0.4) is 0 Å². The monoisotopic (exact) mass is 293 g/mol. The van der Waals surface area contributed by atoms with Crippen LogP contribution in [0.5, 0.6) is 5.88 Å². The average molecular weight is 293 g/mol. The minimum absolute atomic E-state index is 0.0809. The van der Waals surface area contributed by atoms with Crippen LogP contribution in [-0.2, 0) is 4.79 Å². The van der Waals surface area contributed by atoms with Crippen LogP contribution in [0.4, 0.5) is 5.95 Å². The van der Waals surface area contributed by atoms with Crippen molar-refractivity contribution in [2.75, 3.05) is 18.0 Å². The third-order valence-electron chi connectivity index (χ3n) is 3.54. The van der Waals surface area contributed by atoms with Gasteiger partial charge in [0, 0.05) is 31.8 Å². The van der Waals surface area contributed by atoms with Gasteiger partial charge in [-0.05, 0) is 39.0 Å². The SMILES string of the molecule is CC(C)Oc1ccnc(N2CCCC(CCC(=O)O)C2)n1. The summed E-state index contributed by atoms with van der Waals surface area (Å²) in [5.74, 6) is 0.930. The number of aromatic nitrogens is 2. The van der Waals surface area contributed by atoms with Gasteiger partial charge in [-0.3, -0.25) is 4.79 Å². The number of piperidine rings is 1. The molecule has 2 rings (SSSR count). The van der Waals surface area contributed by atoms with Crippen LogP contribution >= 0.6 is 0 Å². The molecule has 1 unspecified atom stereocenters. The quantitative estimate of drug-likeness (QED) is 0.867. The first-order valence-electron chi connectivity index (χ1n) is 7.51. The van der Waals surface area contributed by atoms with Gasteiger partial charge in [0.2, 0.25) is 11.8 Å². The standard InChI is InChI=1S/C15H23N3O3/c1-11(2)21-13-7-8-16-15(17-13)18-9-3-4-12(10-18)5-6-14(19)20/h7-8,11-12H,3-6,9-10H2,1-2H3,(H,19,20). The van der Waals surface area contributed by atoms with Crippen LogP contribution in [0.15, 0.2) is 12.3 Å². The molecule has 1 N–H and O–H groups in total. The van der Waals surface area contributed by atoms with Crippen molar-refractivity contribution in [2.24, 2.45) is 5.92 Å². The van der Waals surface area contributed by atoms with Gasteiger partial charge in [-0.25, -0.2) is 4.98 Å². The predicted octanol–water partition coefficient (Wildman–Crippen LogP) is 2.34. The molecule has 1 aliphatic heterocycles. The number of ether oxygens (including phenoxy) is 1. The summed E-state index contributed by atoms with van der Waals surface area (Å²) in [6.45, 7) is 5.66. The molecule has 6 heteroatoms. The van der Waals surface area contributed by atoms with Crippen molar-refractivity contribution in [1.29, 1.82) is 0 Å². The van der Waals surface area contributed by atoms with Gasteiger partial charge in [0.15, 0.2) is 0 Å². The second-order valence-electron chi connectivity index (χ2n) is 5.75. The summed E-state index contributed by atoms with van der Waals surface area (Å²) in [5, 5.41) is 8.79. The second-order valence-corrected chi connectivity index (χ2v) is 5.75. The van der Waals surface area contributed by atoms with E-state index in [-0.39, 0.29) is 12.5 Å². The third kappa shape index (κ3) is 4.88. The van der Waals surface area contributed by atoms with Crippen LogP contribution in [0.25, 0.3) is 0 Å². The van der Waals surface area contributed by atoms with E-state index in [4.69, 9.17) is 9.84 Å². The molecule has 116 valence electrons. The van der Waals surface area contributed by atoms with Gasteiger partial charge in [0.25, 0.3) is 0 Å². The zero-order valence-corrected chi connectivity index (χ0v) is 12.7. The Bertz CT molecular complexity index is 479. The Balaban J connectivity index is 1.98. The van der Waals surface area contributed by atoms with E-state index >= 15 is 0 Å². The van der Waals surface area contributed by atoms with Crippen molar-refractivity contribution in [3.63, 3.8) is 0 Å². The molecule has 21 heavy (non-hydrogen) atoms. The average Bonchev–Trinajstić information content (AvgIpc) is 2.45. The van der Waals surface area contributed by atoms with E-state index in [9.17, 15) is 4.79 Å². The molecule has 0 amide bonds. The summed E-state index contributed by atoms with van der Waals surface area (Å²) >= 11 is 0. The number of carboxylic acid groups (broad SMARTS) is 1. The van der Waals surface area contributed by atoms with Gasteiger partial charge in [-0.15, -0.1) is 0 Å². The molecule has 2 heterocycles. The number of anilines is 1. The van der Waals surface area contributed by atoms with E-state index in [0.29, 0.717) is 24.2 Å². The van der Waals surface area contributed by atoms with Gasteiger partial charge < -0.3 is 14.7 Å². The molecule has 1 fully saturated rings. The van der Waals surface area contributed by atoms with Crippen molar-refractivity contribution in [3.8, 4) is 5.88 Å². The van der Waals surface area contributed by atoms with Crippen molar-refractivity contribution in [2.45, 2.75) is 45.6 Å². The molecule has 0 aromatic carbocycles. The predicted molar refractivity (Wildman–Crippen MR) is 79.6 cm³/mol. The normalized spacial score (nSPS) is 18.8. The number of rotatable bonds is 6. The minimum Gasteiger partial charge on any atom is -0.481 e. The highest BCUT2D eigenvalue weighted by Crippen LogP contribution is 2.24. The molecule has 0 spiro atoms. The largest absolute Gasteiger partial charge is 0.481 e. The van der Waals surface area contributed by atoms with Gasteiger partial charge in [0.1, 0.15) is 0 Å². The summed E-state index contributed by atoms with van der Waals surface area (Å²) in [5.41, 5.74) is 0. The first kappa shape index (κ1) is 15.5. The minimum atomic E-state index is -0.726. The maximum absolute atomic E-state index is 10.7. The highest BCUT2D eigenvalue weighted by Gasteiger charge is 2.22. The maximum Gasteiger partial charge on any atom is 0.303 e. The molecule has 0 bridgehead atoms. The molecule has 1 aromatic heterocycles. The Kier molecular flexibility index (Phi) is 5.36.